The van der Waals surface area contributed by atoms with E-state index in [9.17, 15) is 4.79 Å². The number of hydrogen-bond acceptors (Lipinski definition) is 3. The molecule has 1 unspecified atom stereocenters. The maximum absolute atomic E-state index is 11.1. The molecule has 2 amide bonds. The summed E-state index contributed by atoms with van der Waals surface area (Å²) in [5, 5.41) is 3.68. The lowest BCUT2D eigenvalue weighted by Crippen LogP contribution is -2.47. The Bertz CT molecular complexity index is 300. The van der Waals surface area contributed by atoms with Crippen LogP contribution in [-0.4, -0.2) is 60.6 Å². The number of carbonyl (C=O) groups is 1. The molecule has 110 valence electrons. The van der Waals surface area contributed by atoms with Gasteiger partial charge in [0.2, 0.25) is 0 Å². The van der Waals surface area contributed by atoms with Gasteiger partial charge < -0.3 is 20.9 Å². The Balaban J connectivity index is 1.63. The molecule has 2 rings (SSSR count). The summed E-state index contributed by atoms with van der Waals surface area (Å²) in [5.41, 5.74) is 5.29. The van der Waals surface area contributed by atoms with Crippen LogP contribution >= 0.6 is 0 Å². The summed E-state index contributed by atoms with van der Waals surface area (Å²) in [6.07, 6.45) is 3.37. The van der Waals surface area contributed by atoms with E-state index in [0.29, 0.717) is 12.1 Å². The molecule has 0 aromatic carbocycles. The largest absolute Gasteiger partial charge is 0.351 e. The summed E-state index contributed by atoms with van der Waals surface area (Å²) < 4.78 is 0. The summed E-state index contributed by atoms with van der Waals surface area (Å²) in [7, 11) is 0. The first-order valence-electron chi connectivity index (χ1n) is 7.58. The molecule has 1 atom stereocenters. The maximum Gasteiger partial charge on any atom is 0.314 e. The Hall–Kier alpha value is -0.810. The lowest BCUT2D eigenvalue weighted by molar-refractivity contribution is 0.183. The van der Waals surface area contributed by atoms with E-state index in [1.807, 2.05) is 0 Å². The van der Waals surface area contributed by atoms with Crippen LogP contribution in [0.15, 0.2) is 0 Å². The maximum atomic E-state index is 11.1. The molecule has 0 spiro atoms. The number of nitrogens with two attached hydrogens (primary N) is 1. The molecule has 0 saturated carbocycles. The van der Waals surface area contributed by atoms with E-state index in [1.54, 1.807) is 4.90 Å². The van der Waals surface area contributed by atoms with Gasteiger partial charge >= 0.3 is 6.03 Å². The van der Waals surface area contributed by atoms with Crippen LogP contribution in [0.3, 0.4) is 0 Å². The van der Waals surface area contributed by atoms with Crippen LogP contribution in [0.1, 0.15) is 33.1 Å². The molecule has 0 radical (unpaired) electrons. The molecule has 3 N–H and O–H groups in total. The second-order valence-electron chi connectivity index (χ2n) is 6.25. The quantitative estimate of drug-likeness (QED) is 0.794. The van der Waals surface area contributed by atoms with Crippen LogP contribution < -0.4 is 11.1 Å². The third-order valence-corrected chi connectivity index (χ3v) is 4.55. The van der Waals surface area contributed by atoms with Crippen molar-refractivity contribution in [3.63, 3.8) is 0 Å². The first-order chi connectivity index (χ1) is 9.06. The Labute approximate surface area is 116 Å². The average Bonchev–Trinajstić information content (AvgIpc) is 2.86. The van der Waals surface area contributed by atoms with Gasteiger partial charge in [-0.25, -0.2) is 4.79 Å². The van der Waals surface area contributed by atoms with Crippen LogP contribution in [0.5, 0.6) is 0 Å². The number of hydrogen-bond donors (Lipinski definition) is 2. The standard InChI is InChI=1S/C14H28N4O/c1-11(2)18-6-3-12(10-18)9-16-13-4-7-17(8-5-13)14(15)19/h11-13,16H,3-10H2,1-2H3,(H2,15,19). The normalized spacial score (nSPS) is 26.3. The molecule has 0 aliphatic carbocycles. The fraction of sp³-hybridized carbons (Fsp3) is 0.929. The van der Waals surface area contributed by atoms with Crippen molar-refractivity contribution in [2.45, 2.75) is 45.2 Å². The highest BCUT2D eigenvalue weighted by Gasteiger charge is 2.26. The number of piperidine rings is 1. The fourth-order valence-electron chi connectivity index (χ4n) is 3.14. The van der Waals surface area contributed by atoms with Gasteiger partial charge in [0.25, 0.3) is 0 Å². The highest BCUT2D eigenvalue weighted by molar-refractivity contribution is 5.72. The van der Waals surface area contributed by atoms with Gasteiger partial charge in [0.1, 0.15) is 0 Å². The van der Waals surface area contributed by atoms with E-state index in [-0.39, 0.29) is 6.03 Å². The van der Waals surface area contributed by atoms with Crippen molar-refractivity contribution >= 4 is 6.03 Å². The zero-order valence-corrected chi connectivity index (χ0v) is 12.3. The van der Waals surface area contributed by atoms with Gasteiger partial charge in [-0.05, 0) is 52.1 Å². The highest BCUT2D eigenvalue weighted by atomic mass is 16.2. The molecule has 2 fully saturated rings. The zero-order valence-electron chi connectivity index (χ0n) is 12.3. The molecule has 2 aliphatic rings. The van der Waals surface area contributed by atoms with Crippen LogP contribution in [-0.2, 0) is 0 Å². The third-order valence-electron chi connectivity index (χ3n) is 4.55. The van der Waals surface area contributed by atoms with Crippen LogP contribution in [0, 0.1) is 5.92 Å². The van der Waals surface area contributed by atoms with Gasteiger partial charge in [0.05, 0.1) is 0 Å². The zero-order chi connectivity index (χ0) is 13.8. The average molecular weight is 268 g/mol. The number of amides is 2. The van der Waals surface area contributed by atoms with E-state index in [0.717, 1.165) is 38.4 Å². The van der Waals surface area contributed by atoms with Crippen LogP contribution in [0.4, 0.5) is 4.79 Å². The summed E-state index contributed by atoms with van der Waals surface area (Å²) in [4.78, 5) is 15.4. The SMILES string of the molecule is CC(C)N1CCC(CNC2CCN(C(N)=O)CC2)C1. The molecule has 2 saturated heterocycles. The molecule has 0 aromatic rings. The van der Waals surface area contributed by atoms with Gasteiger partial charge in [0, 0.05) is 31.7 Å². The number of carbonyl (C=O) groups excluding carboxylic acids is 1. The number of rotatable bonds is 4. The van der Waals surface area contributed by atoms with Crippen molar-refractivity contribution in [2.75, 3.05) is 32.7 Å². The molecule has 5 heteroatoms. The Morgan fingerprint density at radius 1 is 1.26 bits per heavy atom. The summed E-state index contributed by atoms with van der Waals surface area (Å²) in [5.74, 6) is 0.788. The number of nitrogens with one attached hydrogen (secondary N) is 1. The molecule has 0 bridgehead atoms. The van der Waals surface area contributed by atoms with Gasteiger partial charge in [-0.2, -0.15) is 0 Å². The van der Waals surface area contributed by atoms with E-state index in [2.05, 4.69) is 24.1 Å². The van der Waals surface area contributed by atoms with Crippen molar-refractivity contribution in [3.8, 4) is 0 Å². The number of nitrogens with zero attached hydrogens (tertiary/aromatic N) is 2. The van der Waals surface area contributed by atoms with E-state index in [1.165, 1.54) is 19.5 Å². The topological polar surface area (TPSA) is 61.6 Å². The molecule has 2 heterocycles. The van der Waals surface area contributed by atoms with Crippen LogP contribution in [0.25, 0.3) is 0 Å². The van der Waals surface area contributed by atoms with Crippen molar-refractivity contribution in [1.82, 2.24) is 15.1 Å². The Morgan fingerprint density at radius 2 is 1.95 bits per heavy atom. The third kappa shape index (κ3) is 4.08. The predicted octanol–water partition coefficient (Wildman–Crippen LogP) is 0.849. The molecular weight excluding hydrogens is 240 g/mol. The van der Waals surface area contributed by atoms with Crippen molar-refractivity contribution < 1.29 is 4.79 Å². The minimum atomic E-state index is -0.276. The van der Waals surface area contributed by atoms with Gasteiger partial charge in [-0.1, -0.05) is 0 Å². The van der Waals surface area contributed by atoms with Crippen molar-refractivity contribution in [3.05, 3.63) is 0 Å². The van der Waals surface area contributed by atoms with Crippen molar-refractivity contribution in [2.24, 2.45) is 11.7 Å². The minimum Gasteiger partial charge on any atom is -0.351 e. The minimum absolute atomic E-state index is 0.276. The first-order valence-corrected chi connectivity index (χ1v) is 7.58. The lowest BCUT2D eigenvalue weighted by atomic mass is 10.0. The summed E-state index contributed by atoms with van der Waals surface area (Å²) in [6, 6.07) is 0.953. The molecule has 2 aliphatic heterocycles. The number of urea groups is 1. The first kappa shape index (κ1) is 14.6. The fourth-order valence-corrected chi connectivity index (χ4v) is 3.14. The highest BCUT2D eigenvalue weighted by Crippen LogP contribution is 2.18. The second-order valence-corrected chi connectivity index (χ2v) is 6.25. The molecule has 0 aromatic heterocycles. The number of primary amides is 1. The Kier molecular flexibility index (Phi) is 5.05. The lowest BCUT2D eigenvalue weighted by Gasteiger charge is -2.32. The smallest absolute Gasteiger partial charge is 0.314 e. The molecule has 19 heavy (non-hydrogen) atoms. The van der Waals surface area contributed by atoms with Gasteiger partial charge in [-0.15, -0.1) is 0 Å². The monoisotopic (exact) mass is 268 g/mol. The van der Waals surface area contributed by atoms with E-state index < -0.39 is 0 Å². The summed E-state index contributed by atoms with van der Waals surface area (Å²) >= 11 is 0. The predicted molar refractivity (Wildman–Crippen MR) is 77.0 cm³/mol. The molecular formula is C14H28N4O. The Morgan fingerprint density at radius 3 is 2.47 bits per heavy atom. The van der Waals surface area contributed by atoms with Gasteiger partial charge in [-0.3, -0.25) is 0 Å². The van der Waals surface area contributed by atoms with E-state index >= 15 is 0 Å². The number of likely N-dealkylation sites (tertiary alicyclic amines) is 2. The van der Waals surface area contributed by atoms with Gasteiger partial charge in [0.15, 0.2) is 0 Å². The van der Waals surface area contributed by atoms with E-state index in [4.69, 9.17) is 5.73 Å². The second kappa shape index (κ2) is 6.57. The van der Waals surface area contributed by atoms with Crippen LogP contribution in [0.2, 0.25) is 0 Å². The summed E-state index contributed by atoms with van der Waals surface area (Å²) in [6.45, 7) is 9.73. The molecule has 5 nitrogen and oxygen atoms in total. The van der Waals surface area contributed by atoms with Crippen molar-refractivity contribution in [1.29, 1.82) is 0 Å².